The van der Waals surface area contributed by atoms with Crippen LogP contribution >= 0.6 is 11.6 Å². The molecule has 0 fully saturated rings. The number of furan rings is 1. The Labute approximate surface area is 125 Å². The Kier molecular flexibility index (Phi) is 5.89. The number of hydrogen-bond donors (Lipinski definition) is 1. The average Bonchev–Trinajstić information content (AvgIpc) is 2.79. The predicted octanol–water partition coefficient (Wildman–Crippen LogP) is 3.91. The highest BCUT2D eigenvalue weighted by Gasteiger charge is 2.11. The number of fused-ring (bicyclic) bond motifs is 1. The van der Waals surface area contributed by atoms with Gasteiger partial charge in [-0.2, -0.15) is 0 Å². The fraction of sp³-hybridized carbons (Fsp3) is 0.500. The smallest absolute Gasteiger partial charge is 0.199 e. The van der Waals surface area contributed by atoms with E-state index in [1.807, 2.05) is 18.2 Å². The van der Waals surface area contributed by atoms with Crippen molar-refractivity contribution in [2.75, 3.05) is 26.2 Å². The van der Waals surface area contributed by atoms with Gasteiger partial charge in [0.25, 0.3) is 0 Å². The first-order valence-corrected chi connectivity index (χ1v) is 7.73. The van der Waals surface area contributed by atoms with Crippen LogP contribution in [0.1, 0.15) is 25.8 Å². The summed E-state index contributed by atoms with van der Waals surface area (Å²) in [7, 11) is 0. The van der Waals surface area contributed by atoms with Crippen molar-refractivity contribution in [2.24, 2.45) is 0 Å². The van der Waals surface area contributed by atoms with Crippen LogP contribution < -0.4 is 5.32 Å². The summed E-state index contributed by atoms with van der Waals surface area (Å²) >= 11 is 6.16. The van der Waals surface area contributed by atoms with Crippen molar-refractivity contribution in [3.8, 4) is 0 Å². The van der Waals surface area contributed by atoms with E-state index < -0.39 is 0 Å². The van der Waals surface area contributed by atoms with Crippen molar-refractivity contribution in [3.05, 3.63) is 35.0 Å². The molecule has 0 saturated heterocycles. The highest BCUT2D eigenvalue weighted by molar-refractivity contribution is 6.30. The van der Waals surface area contributed by atoms with E-state index in [-0.39, 0.29) is 0 Å². The van der Waals surface area contributed by atoms with E-state index in [1.54, 1.807) is 0 Å². The van der Waals surface area contributed by atoms with Gasteiger partial charge in [0.1, 0.15) is 5.58 Å². The quantitative estimate of drug-likeness (QED) is 0.748. The molecule has 0 aliphatic rings. The Hall–Kier alpha value is -1.03. The Morgan fingerprint density at radius 3 is 2.70 bits per heavy atom. The maximum Gasteiger partial charge on any atom is 0.199 e. The lowest BCUT2D eigenvalue weighted by Crippen LogP contribution is -2.27. The zero-order valence-corrected chi connectivity index (χ0v) is 13.0. The first kappa shape index (κ1) is 15.4. The van der Waals surface area contributed by atoms with E-state index in [1.165, 1.54) is 0 Å². The van der Waals surface area contributed by atoms with Gasteiger partial charge in [0.2, 0.25) is 0 Å². The maximum absolute atomic E-state index is 6.16. The number of hydrogen-bond acceptors (Lipinski definition) is 3. The Balaban J connectivity index is 1.83. The van der Waals surface area contributed by atoms with Gasteiger partial charge in [0.15, 0.2) is 5.22 Å². The number of halogens is 1. The number of nitrogens with zero attached hydrogens (tertiary/aromatic N) is 1. The molecule has 1 heterocycles. The molecule has 2 rings (SSSR count). The summed E-state index contributed by atoms with van der Waals surface area (Å²) in [6.45, 7) is 9.53. The van der Waals surface area contributed by atoms with E-state index in [4.69, 9.17) is 16.0 Å². The second-order valence-electron chi connectivity index (χ2n) is 4.91. The first-order chi connectivity index (χ1) is 9.76. The van der Waals surface area contributed by atoms with Crippen LogP contribution in [0, 0.1) is 0 Å². The minimum absolute atomic E-state index is 0.502. The summed E-state index contributed by atoms with van der Waals surface area (Å²) in [6.07, 6.45) is 1.15. The second kappa shape index (κ2) is 7.67. The summed E-state index contributed by atoms with van der Waals surface area (Å²) in [4.78, 5) is 2.43. The van der Waals surface area contributed by atoms with Gasteiger partial charge < -0.3 is 14.6 Å². The summed E-state index contributed by atoms with van der Waals surface area (Å²) in [6, 6.07) is 7.98. The Bertz CT molecular complexity index is 534. The van der Waals surface area contributed by atoms with Crippen molar-refractivity contribution in [1.82, 2.24) is 10.2 Å². The number of benzene rings is 1. The van der Waals surface area contributed by atoms with Gasteiger partial charge in [0, 0.05) is 17.5 Å². The van der Waals surface area contributed by atoms with Crippen LogP contribution in [0.15, 0.2) is 28.7 Å². The number of para-hydroxylation sites is 1. The third-order valence-corrected chi connectivity index (χ3v) is 3.98. The molecule has 20 heavy (non-hydrogen) atoms. The molecule has 0 saturated carbocycles. The Morgan fingerprint density at radius 1 is 1.20 bits per heavy atom. The van der Waals surface area contributed by atoms with E-state index in [0.29, 0.717) is 5.22 Å². The third kappa shape index (κ3) is 3.75. The van der Waals surface area contributed by atoms with Crippen molar-refractivity contribution >= 4 is 22.6 Å². The standard InChI is InChI=1S/C16H23ClN2O/c1-3-19(4-2)11-7-10-18-12-14-13-8-5-6-9-15(13)20-16(14)17/h5-6,8-9,18H,3-4,7,10-12H2,1-2H3. The topological polar surface area (TPSA) is 28.4 Å². The maximum atomic E-state index is 6.16. The minimum Gasteiger partial charge on any atom is -0.444 e. The molecule has 0 bridgehead atoms. The number of rotatable bonds is 8. The van der Waals surface area contributed by atoms with Crippen molar-refractivity contribution in [2.45, 2.75) is 26.8 Å². The number of nitrogens with one attached hydrogen (secondary N) is 1. The molecule has 0 atom stereocenters. The molecule has 110 valence electrons. The molecule has 2 aromatic rings. The second-order valence-corrected chi connectivity index (χ2v) is 5.25. The Morgan fingerprint density at radius 2 is 1.95 bits per heavy atom. The molecule has 0 radical (unpaired) electrons. The summed E-state index contributed by atoms with van der Waals surface area (Å²) in [5.41, 5.74) is 1.92. The van der Waals surface area contributed by atoms with Crippen molar-refractivity contribution in [3.63, 3.8) is 0 Å². The van der Waals surface area contributed by atoms with Crippen LogP contribution in [-0.2, 0) is 6.54 Å². The summed E-state index contributed by atoms with van der Waals surface area (Å²) in [5.74, 6) is 0. The fourth-order valence-corrected chi connectivity index (χ4v) is 2.67. The third-order valence-electron chi connectivity index (χ3n) is 3.67. The minimum atomic E-state index is 0.502. The molecule has 3 nitrogen and oxygen atoms in total. The zero-order valence-electron chi connectivity index (χ0n) is 12.3. The van der Waals surface area contributed by atoms with E-state index in [9.17, 15) is 0 Å². The molecular formula is C16H23ClN2O. The van der Waals surface area contributed by atoms with Gasteiger partial charge >= 0.3 is 0 Å². The average molecular weight is 295 g/mol. The molecule has 1 aromatic heterocycles. The lowest BCUT2D eigenvalue weighted by molar-refractivity contribution is 0.298. The molecule has 0 aliphatic carbocycles. The monoisotopic (exact) mass is 294 g/mol. The highest BCUT2D eigenvalue weighted by atomic mass is 35.5. The van der Waals surface area contributed by atoms with Crippen LogP contribution in [0.4, 0.5) is 0 Å². The zero-order chi connectivity index (χ0) is 14.4. The summed E-state index contributed by atoms with van der Waals surface area (Å²) < 4.78 is 5.55. The van der Waals surface area contributed by atoms with Crippen LogP contribution in [0.25, 0.3) is 11.0 Å². The predicted molar refractivity (Wildman–Crippen MR) is 85.3 cm³/mol. The SMILES string of the molecule is CCN(CC)CCCNCc1c(Cl)oc2ccccc12. The van der Waals surface area contributed by atoms with E-state index in [0.717, 1.165) is 55.7 Å². The molecule has 1 aromatic carbocycles. The molecule has 1 N–H and O–H groups in total. The summed E-state index contributed by atoms with van der Waals surface area (Å²) in [5, 5.41) is 5.06. The van der Waals surface area contributed by atoms with Gasteiger partial charge in [-0.3, -0.25) is 0 Å². The molecule has 0 spiro atoms. The van der Waals surface area contributed by atoms with Gasteiger partial charge in [-0.1, -0.05) is 32.0 Å². The molecule has 4 heteroatoms. The first-order valence-electron chi connectivity index (χ1n) is 7.35. The molecule has 0 unspecified atom stereocenters. The van der Waals surface area contributed by atoms with E-state index in [2.05, 4.69) is 30.1 Å². The largest absolute Gasteiger partial charge is 0.444 e. The lowest BCUT2D eigenvalue weighted by atomic mass is 10.2. The van der Waals surface area contributed by atoms with Crippen molar-refractivity contribution in [1.29, 1.82) is 0 Å². The highest BCUT2D eigenvalue weighted by Crippen LogP contribution is 2.29. The van der Waals surface area contributed by atoms with Crippen LogP contribution in [-0.4, -0.2) is 31.1 Å². The lowest BCUT2D eigenvalue weighted by Gasteiger charge is -2.17. The van der Waals surface area contributed by atoms with Crippen LogP contribution in [0.2, 0.25) is 5.22 Å². The fourth-order valence-electron chi connectivity index (χ4n) is 2.41. The molecular weight excluding hydrogens is 272 g/mol. The van der Waals surface area contributed by atoms with Gasteiger partial charge in [-0.05, 0) is 50.3 Å². The van der Waals surface area contributed by atoms with Gasteiger partial charge in [0.05, 0.1) is 0 Å². The van der Waals surface area contributed by atoms with Crippen molar-refractivity contribution < 1.29 is 4.42 Å². The molecule has 0 aliphatic heterocycles. The normalized spacial score (nSPS) is 11.6. The molecule has 0 amide bonds. The van der Waals surface area contributed by atoms with E-state index >= 15 is 0 Å². The van der Waals surface area contributed by atoms with Crippen LogP contribution in [0.5, 0.6) is 0 Å². The van der Waals surface area contributed by atoms with Crippen LogP contribution in [0.3, 0.4) is 0 Å². The van der Waals surface area contributed by atoms with Gasteiger partial charge in [-0.15, -0.1) is 0 Å². The van der Waals surface area contributed by atoms with Gasteiger partial charge in [-0.25, -0.2) is 0 Å².